The average Bonchev–Trinajstić information content (AvgIpc) is 2.85. The number of hydrogen-bond donors (Lipinski definition) is 2. The summed E-state index contributed by atoms with van der Waals surface area (Å²) >= 11 is 0. The monoisotopic (exact) mass is 305 g/mol. The third-order valence-corrected chi connectivity index (χ3v) is 4.95. The highest BCUT2D eigenvalue weighted by atomic mass is 32.2. The molecule has 2 saturated heterocycles. The Labute approximate surface area is 115 Å². The van der Waals surface area contributed by atoms with Crippen molar-refractivity contribution in [2.24, 2.45) is 0 Å². The van der Waals surface area contributed by atoms with Crippen LogP contribution in [-0.2, 0) is 24.3 Å². The minimum atomic E-state index is -3.86. The molecule has 2 aliphatic rings. The molecule has 9 nitrogen and oxygen atoms in total. The molecule has 0 bridgehead atoms. The number of nitrogens with one attached hydrogen (secondary N) is 2. The number of urea groups is 1. The minimum absolute atomic E-state index is 0.0649. The van der Waals surface area contributed by atoms with Gasteiger partial charge in [0.2, 0.25) is 10.0 Å². The van der Waals surface area contributed by atoms with E-state index < -0.39 is 39.2 Å². The number of carbonyl (C=O) groups is 3. The normalized spacial score (nSPS) is 26.6. The first-order valence-corrected chi connectivity index (χ1v) is 7.67. The van der Waals surface area contributed by atoms with E-state index in [1.807, 2.05) is 0 Å². The number of esters is 1. The second-order valence-corrected chi connectivity index (χ2v) is 6.60. The lowest BCUT2D eigenvalue weighted by Gasteiger charge is -2.20. The molecule has 0 radical (unpaired) electrons. The molecule has 1 atom stereocenters. The number of carbonyl (C=O) groups excluding carboxylic acids is 3. The molecule has 2 rings (SSSR count). The van der Waals surface area contributed by atoms with Crippen molar-refractivity contribution in [1.29, 1.82) is 0 Å². The molecule has 2 N–H and O–H groups in total. The van der Waals surface area contributed by atoms with Gasteiger partial charge in [0.25, 0.3) is 5.91 Å². The number of sulfonamides is 1. The van der Waals surface area contributed by atoms with Gasteiger partial charge >= 0.3 is 12.0 Å². The lowest BCUT2D eigenvalue weighted by Crippen LogP contribution is -2.50. The fourth-order valence-corrected chi connectivity index (χ4v) is 3.62. The smallest absolute Gasteiger partial charge is 0.322 e. The highest BCUT2D eigenvalue weighted by molar-refractivity contribution is 7.89. The maximum atomic E-state index is 12.0. The summed E-state index contributed by atoms with van der Waals surface area (Å²) in [6.07, 6.45) is 0.173. The average molecular weight is 305 g/mol. The highest BCUT2D eigenvalue weighted by Crippen LogP contribution is 2.26. The van der Waals surface area contributed by atoms with Crippen LogP contribution in [0.4, 0.5) is 4.79 Å². The SMILES string of the molecule is CCOC(=O)CS(=O)(=O)N1CCC2(C1)NC(=O)NC2=O. The van der Waals surface area contributed by atoms with Crippen molar-refractivity contribution in [1.82, 2.24) is 14.9 Å². The molecule has 0 aromatic carbocycles. The van der Waals surface area contributed by atoms with Gasteiger partial charge in [-0.15, -0.1) is 0 Å². The first-order valence-electron chi connectivity index (χ1n) is 6.06. The van der Waals surface area contributed by atoms with Crippen LogP contribution in [-0.4, -0.2) is 61.6 Å². The van der Waals surface area contributed by atoms with Gasteiger partial charge in [-0.2, -0.15) is 4.31 Å². The Balaban J connectivity index is 2.07. The lowest BCUT2D eigenvalue weighted by atomic mass is 10.00. The van der Waals surface area contributed by atoms with Crippen LogP contribution in [0.25, 0.3) is 0 Å². The largest absolute Gasteiger partial charge is 0.465 e. The molecule has 2 aliphatic heterocycles. The quantitative estimate of drug-likeness (QED) is 0.465. The van der Waals surface area contributed by atoms with Crippen LogP contribution in [0.1, 0.15) is 13.3 Å². The van der Waals surface area contributed by atoms with Crippen LogP contribution >= 0.6 is 0 Å². The molecule has 20 heavy (non-hydrogen) atoms. The first-order chi connectivity index (χ1) is 9.29. The predicted molar refractivity (Wildman–Crippen MR) is 66.0 cm³/mol. The number of rotatable bonds is 4. The first kappa shape index (κ1) is 14.7. The zero-order valence-electron chi connectivity index (χ0n) is 10.8. The maximum Gasteiger partial charge on any atom is 0.322 e. The lowest BCUT2D eigenvalue weighted by molar-refractivity contribution is -0.140. The third-order valence-electron chi connectivity index (χ3n) is 3.25. The zero-order chi connectivity index (χ0) is 15.0. The molecule has 2 fully saturated rings. The van der Waals surface area contributed by atoms with E-state index in [1.165, 1.54) is 0 Å². The topological polar surface area (TPSA) is 122 Å². The maximum absolute atomic E-state index is 12.0. The van der Waals surface area contributed by atoms with Crippen LogP contribution in [0.3, 0.4) is 0 Å². The van der Waals surface area contributed by atoms with Crippen molar-refractivity contribution >= 4 is 27.9 Å². The molecule has 10 heteroatoms. The summed E-state index contributed by atoms with van der Waals surface area (Å²) in [4.78, 5) is 34.1. The summed E-state index contributed by atoms with van der Waals surface area (Å²) in [5, 5.41) is 4.52. The fraction of sp³-hybridized carbons (Fsp3) is 0.700. The Morgan fingerprint density at radius 2 is 2.15 bits per heavy atom. The van der Waals surface area contributed by atoms with Gasteiger partial charge < -0.3 is 10.1 Å². The van der Waals surface area contributed by atoms with E-state index in [1.54, 1.807) is 6.92 Å². The van der Waals surface area contributed by atoms with Crippen molar-refractivity contribution in [3.63, 3.8) is 0 Å². The second-order valence-electron chi connectivity index (χ2n) is 4.64. The van der Waals surface area contributed by atoms with Gasteiger partial charge in [-0.3, -0.25) is 14.9 Å². The molecule has 1 unspecified atom stereocenters. The van der Waals surface area contributed by atoms with Gasteiger partial charge in [-0.05, 0) is 13.3 Å². The van der Waals surface area contributed by atoms with Gasteiger partial charge in [0.1, 0.15) is 5.54 Å². The van der Waals surface area contributed by atoms with Crippen molar-refractivity contribution in [3.05, 3.63) is 0 Å². The van der Waals surface area contributed by atoms with Crippen molar-refractivity contribution in [3.8, 4) is 0 Å². The van der Waals surface area contributed by atoms with Gasteiger partial charge in [0, 0.05) is 13.1 Å². The Morgan fingerprint density at radius 1 is 1.45 bits per heavy atom. The van der Waals surface area contributed by atoms with Gasteiger partial charge in [0.15, 0.2) is 5.75 Å². The van der Waals surface area contributed by atoms with Crippen LogP contribution in [0.15, 0.2) is 0 Å². The summed E-state index contributed by atoms with van der Waals surface area (Å²) in [5.41, 5.74) is -1.22. The van der Waals surface area contributed by atoms with E-state index in [0.717, 1.165) is 4.31 Å². The highest BCUT2D eigenvalue weighted by Gasteiger charge is 2.53. The van der Waals surface area contributed by atoms with Crippen molar-refractivity contribution < 1.29 is 27.5 Å². The molecular weight excluding hydrogens is 290 g/mol. The van der Waals surface area contributed by atoms with Gasteiger partial charge in [-0.25, -0.2) is 13.2 Å². The third kappa shape index (κ3) is 2.61. The minimum Gasteiger partial charge on any atom is -0.465 e. The Bertz CT molecular complexity index is 559. The number of amides is 3. The van der Waals surface area contributed by atoms with E-state index in [0.29, 0.717) is 0 Å². The predicted octanol–water partition coefficient (Wildman–Crippen LogP) is -1.84. The molecule has 0 saturated carbocycles. The molecule has 2 heterocycles. The Kier molecular flexibility index (Phi) is 3.69. The van der Waals surface area contributed by atoms with Crippen molar-refractivity contribution in [2.45, 2.75) is 18.9 Å². The number of ether oxygens (including phenoxy) is 1. The fourth-order valence-electron chi connectivity index (χ4n) is 2.27. The second kappa shape index (κ2) is 5.02. The van der Waals surface area contributed by atoms with E-state index in [2.05, 4.69) is 15.4 Å². The summed E-state index contributed by atoms with van der Waals surface area (Å²) in [6, 6.07) is -0.639. The van der Waals surface area contributed by atoms with Gasteiger partial charge in [0.05, 0.1) is 6.61 Å². The number of imide groups is 1. The molecule has 3 amide bonds. The molecule has 112 valence electrons. The van der Waals surface area contributed by atoms with Gasteiger partial charge in [-0.1, -0.05) is 0 Å². The van der Waals surface area contributed by atoms with Crippen LogP contribution < -0.4 is 10.6 Å². The molecular formula is C10H15N3O6S. The summed E-state index contributed by atoms with van der Waals surface area (Å²) < 4.78 is 29.7. The number of hydrogen-bond acceptors (Lipinski definition) is 6. The van der Waals surface area contributed by atoms with E-state index >= 15 is 0 Å². The molecule has 0 aromatic rings. The zero-order valence-corrected chi connectivity index (χ0v) is 11.7. The summed E-state index contributed by atoms with van der Waals surface area (Å²) in [7, 11) is -3.86. The van der Waals surface area contributed by atoms with E-state index in [4.69, 9.17) is 0 Å². The summed E-state index contributed by atoms with van der Waals surface area (Å²) in [6.45, 7) is 1.56. The summed E-state index contributed by atoms with van der Waals surface area (Å²) in [5.74, 6) is -2.16. The Morgan fingerprint density at radius 3 is 2.70 bits per heavy atom. The molecule has 0 aliphatic carbocycles. The Hall–Kier alpha value is -1.68. The molecule has 1 spiro atoms. The van der Waals surface area contributed by atoms with Crippen LogP contribution in [0, 0.1) is 0 Å². The van der Waals surface area contributed by atoms with Crippen molar-refractivity contribution in [2.75, 3.05) is 25.4 Å². The standard InChI is InChI=1S/C10H15N3O6S/c1-2-19-7(14)5-20(17,18)13-4-3-10(6-13)8(15)11-9(16)12-10/h2-6H2,1H3,(H2,11,12,15,16). The van der Waals surface area contributed by atoms with Crippen LogP contribution in [0.5, 0.6) is 0 Å². The molecule has 0 aromatic heterocycles. The van der Waals surface area contributed by atoms with Crippen LogP contribution in [0.2, 0.25) is 0 Å². The van der Waals surface area contributed by atoms with E-state index in [9.17, 15) is 22.8 Å². The number of nitrogens with zero attached hydrogens (tertiary/aromatic N) is 1. The van der Waals surface area contributed by atoms with E-state index in [-0.39, 0.29) is 26.1 Å².